The maximum absolute atomic E-state index is 4.52. The SMILES string of the molecule is Cc1nc2ccccc2[n+](C)c1C.[I-]. The summed E-state index contributed by atoms with van der Waals surface area (Å²) in [7, 11) is 2.08. The van der Waals surface area contributed by atoms with Crippen LogP contribution in [-0.4, -0.2) is 4.98 Å². The zero-order valence-corrected chi connectivity index (χ0v) is 10.7. The highest BCUT2D eigenvalue weighted by Gasteiger charge is 2.11. The van der Waals surface area contributed by atoms with Gasteiger partial charge in [0, 0.05) is 13.0 Å². The molecule has 0 bridgehead atoms. The van der Waals surface area contributed by atoms with Gasteiger partial charge in [0.15, 0.2) is 5.69 Å². The van der Waals surface area contributed by atoms with Crippen LogP contribution < -0.4 is 28.5 Å². The monoisotopic (exact) mass is 300 g/mol. The van der Waals surface area contributed by atoms with Gasteiger partial charge in [-0.3, -0.25) is 0 Å². The van der Waals surface area contributed by atoms with Gasteiger partial charge in [-0.15, -0.1) is 0 Å². The summed E-state index contributed by atoms with van der Waals surface area (Å²) in [5.41, 5.74) is 4.57. The standard InChI is InChI=1S/C11H13N2.HI/c1-8-9(2)13(3)11-7-5-4-6-10(11)12-8;/h4-7H,1-3H3;1H/q+1;/p-1. The number of para-hydroxylation sites is 2. The third-order valence-corrected chi connectivity index (χ3v) is 2.56. The number of halogens is 1. The Morgan fingerprint density at radius 2 is 1.79 bits per heavy atom. The van der Waals surface area contributed by atoms with Crippen molar-refractivity contribution in [3.8, 4) is 0 Å². The van der Waals surface area contributed by atoms with Gasteiger partial charge < -0.3 is 24.0 Å². The van der Waals surface area contributed by atoms with Crippen molar-refractivity contribution in [1.29, 1.82) is 0 Å². The van der Waals surface area contributed by atoms with Crippen LogP contribution >= 0.6 is 0 Å². The van der Waals surface area contributed by atoms with Crippen LogP contribution in [0.2, 0.25) is 0 Å². The van der Waals surface area contributed by atoms with E-state index in [4.69, 9.17) is 0 Å². The van der Waals surface area contributed by atoms with Crippen molar-refractivity contribution in [2.45, 2.75) is 13.8 Å². The highest BCUT2D eigenvalue weighted by Crippen LogP contribution is 2.08. The molecular weight excluding hydrogens is 287 g/mol. The second kappa shape index (κ2) is 4.21. The van der Waals surface area contributed by atoms with Crippen LogP contribution in [-0.2, 0) is 7.05 Å². The van der Waals surface area contributed by atoms with E-state index in [9.17, 15) is 0 Å². The first kappa shape index (κ1) is 11.4. The molecule has 0 atom stereocenters. The van der Waals surface area contributed by atoms with Gasteiger partial charge in [-0.25, -0.2) is 4.98 Å². The number of aromatic nitrogens is 2. The Labute approximate surface area is 101 Å². The second-order valence-corrected chi connectivity index (χ2v) is 3.33. The highest BCUT2D eigenvalue weighted by molar-refractivity contribution is 5.70. The largest absolute Gasteiger partial charge is 1.00 e. The van der Waals surface area contributed by atoms with Crippen LogP contribution in [0.3, 0.4) is 0 Å². The third kappa shape index (κ3) is 1.73. The number of hydrogen-bond acceptors (Lipinski definition) is 1. The molecule has 0 radical (unpaired) electrons. The van der Waals surface area contributed by atoms with Crippen LogP contribution in [0.5, 0.6) is 0 Å². The van der Waals surface area contributed by atoms with Gasteiger partial charge in [0.1, 0.15) is 18.3 Å². The van der Waals surface area contributed by atoms with Crippen molar-refractivity contribution < 1.29 is 28.5 Å². The van der Waals surface area contributed by atoms with Crippen molar-refractivity contribution in [3.05, 3.63) is 35.7 Å². The van der Waals surface area contributed by atoms with Gasteiger partial charge in [0.25, 0.3) is 0 Å². The first-order chi connectivity index (χ1) is 6.20. The maximum atomic E-state index is 4.52. The number of hydrogen-bond donors (Lipinski definition) is 0. The Kier molecular flexibility index (Phi) is 3.42. The van der Waals surface area contributed by atoms with Gasteiger partial charge in [-0.2, -0.15) is 4.57 Å². The molecule has 0 amide bonds. The molecule has 2 rings (SSSR count). The average molecular weight is 300 g/mol. The first-order valence-electron chi connectivity index (χ1n) is 4.42. The predicted octanol–water partition coefficient (Wildman–Crippen LogP) is -1.32. The predicted molar refractivity (Wildman–Crippen MR) is 52.4 cm³/mol. The number of aryl methyl sites for hydroxylation is 2. The van der Waals surface area contributed by atoms with Gasteiger partial charge in [-0.05, 0) is 13.0 Å². The zero-order chi connectivity index (χ0) is 9.42. The van der Waals surface area contributed by atoms with Crippen LogP contribution in [0.4, 0.5) is 0 Å². The summed E-state index contributed by atoms with van der Waals surface area (Å²) in [6, 6.07) is 8.19. The molecule has 0 saturated heterocycles. The molecule has 0 fully saturated rings. The third-order valence-electron chi connectivity index (χ3n) is 2.56. The summed E-state index contributed by atoms with van der Waals surface area (Å²) in [5, 5.41) is 0. The molecule has 14 heavy (non-hydrogen) atoms. The first-order valence-corrected chi connectivity index (χ1v) is 4.42. The van der Waals surface area contributed by atoms with Gasteiger partial charge in [0.2, 0.25) is 5.52 Å². The minimum atomic E-state index is 0. The Morgan fingerprint density at radius 3 is 2.50 bits per heavy atom. The minimum Gasteiger partial charge on any atom is -1.00 e. The molecule has 0 spiro atoms. The molecule has 3 heteroatoms. The Hall–Kier alpha value is -0.710. The Balaban J connectivity index is 0.000000980. The molecule has 1 aromatic carbocycles. The topological polar surface area (TPSA) is 16.8 Å². The van der Waals surface area contributed by atoms with Crippen LogP contribution in [0, 0.1) is 13.8 Å². The molecule has 74 valence electrons. The summed E-state index contributed by atoms with van der Waals surface area (Å²) >= 11 is 0. The lowest BCUT2D eigenvalue weighted by Gasteiger charge is -2.01. The molecular formula is C11H13IN2. The fraction of sp³-hybridized carbons (Fsp3) is 0.273. The normalized spacial score (nSPS) is 9.93. The highest BCUT2D eigenvalue weighted by atomic mass is 127. The zero-order valence-electron chi connectivity index (χ0n) is 8.58. The van der Waals surface area contributed by atoms with E-state index in [1.54, 1.807) is 0 Å². The Morgan fingerprint density at radius 1 is 1.14 bits per heavy atom. The lowest BCUT2D eigenvalue weighted by atomic mass is 10.2. The van der Waals surface area contributed by atoms with Crippen molar-refractivity contribution in [2.24, 2.45) is 7.05 Å². The van der Waals surface area contributed by atoms with Crippen LogP contribution in [0.1, 0.15) is 11.4 Å². The molecule has 0 aliphatic heterocycles. The fourth-order valence-corrected chi connectivity index (χ4v) is 1.53. The number of benzene rings is 1. The summed E-state index contributed by atoms with van der Waals surface area (Å²) in [4.78, 5) is 4.52. The van der Waals surface area contributed by atoms with Gasteiger partial charge in [0.05, 0.1) is 0 Å². The molecule has 2 nitrogen and oxygen atoms in total. The molecule has 0 aliphatic rings. The van der Waals surface area contributed by atoms with E-state index in [-0.39, 0.29) is 24.0 Å². The summed E-state index contributed by atoms with van der Waals surface area (Å²) in [5.74, 6) is 0. The van der Waals surface area contributed by atoms with Gasteiger partial charge in [-0.1, -0.05) is 12.1 Å². The number of nitrogens with zero attached hydrogens (tertiary/aromatic N) is 2. The molecule has 2 aromatic rings. The lowest BCUT2D eigenvalue weighted by Crippen LogP contribution is -3.00. The second-order valence-electron chi connectivity index (χ2n) is 3.33. The number of rotatable bonds is 0. The molecule has 0 unspecified atom stereocenters. The molecule has 0 saturated carbocycles. The van der Waals surface area contributed by atoms with Crippen molar-refractivity contribution in [1.82, 2.24) is 4.98 Å². The number of fused-ring (bicyclic) bond motifs is 1. The van der Waals surface area contributed by atoms with Crippen molar-refractivity contribution in [2.75, 3.05) is 0 Å². The molecule has 0 aliphatic carbocycles. The maximum Gasteiger partial charge on any atom is 0.231 e. The summed E-state index contributed by atoms with van der Waals surface area (Å²) in [6.07, 6.45) is 0. The summed E-state index contributed by atoms with van der Waals surface area (Å²) < 4.78 is 2.18. The lowest BCUT2D eigenvalue weighted by molar-refractivity contribution is -0.652. The molecule has 1 aromatic heterocycles. The van der Waals surface area contributed by atoms with E-state index in [0.29, 0.717) is 0 Å². The van der Waals surface area contributed by atoms with E-state index in [1.165, 1.54) is 11.2 Å². The fourth-order valence-electron chi connectivity index (χ4n) is 1.53. The molecule has 0 N–H and O–H groups in total. The summed E-state index contributed by atoms with van der Waals surface area (Å²) in [6.45, 7) is 4.14. The van der Waals surface area contributed by atoms with Crippen molar-refractivity contribution in [3.63, 3.8) is 0 Å². The van der Waals surface area contributed by atoms with Crippen molar-refractivity contribution >= 4 is 11.0 Å². The molecule has 1 heterocycles. The van der Waals surface area contributed by atoms with Gasteiger partial charge >= 0.3 is 0 Å². The smallest absolute Gasteiger partial charge is 0.231 e. The Bertz CT molecular complexity index is 466. The average Bonchev–Trinajstić information content (AvgIpc) is 2.15. The minimum absolute atomic E-state index is 0. The van der Waals surface area contributed by atoms with E-state index in [2.05, 4.69) is 29.6 Å². The van der Waals surface area contributed by atoms with Crippen LogP contribution in [0.15, 0.2) is 24.3 Å². The van der Waals surface area contributed by atoms with E-state index >= 15 is 0 Å². The quantitative estimate of drug-likeness (QED) is 0.436. The van der Waals surface area contributed by atoms with Crippen LogP contribution in [0.25, 0.3) is 11.0 Å². The van der Waals surface area contributed by atoms with E-state index < -0.39 is 0 Å². The van der Waals surface area contributed by atoms with E-state index in [1.807, 2.05) is 25.1 Å². The van der Waals surface area contributed by atoms with E-state index in [0.717, 1.165) is 11.2 Å².